The van der Waals surface area contributed by atoms with E-state index in [1.165, 1.54) is 0 Å². The van der Waals surface area contributed by atoms with E-state index in [9.17, 15) is 0 Å². The lowest BCUT2D eigenvalue weighted by Crippen LogP contribution is -2.02. The number of hydrogen-bond acceptors (Lipinski definition) is 5. The maximum atomic E-state index is 6.10. The molecular formula is C21H24N6. The summed E-state index contributed by atoms with van der Waals surface area (Å²) < 4.78 is 2.00. The van der Waals surface area contributed by atoms with Gasteiger partial charge < -0.3 is 11.5 Å². The molecule has 4 N–H and O–H groups in total. The van der Waals surface area contributed by atoms with Gasteiger partial charge in [-0.15, -0.1) is 0 Å². The molecule has 3 heterocycles. The maximum Gasteiger partial charge on any atom is 0.164 e. The zero-order valence-corrected chi connectivity index (χ0v) is 15.8. The lowest BCUT2D eigenvalue weighted by molar-refractivity contribution is 1.04. The zero-order chi connectivity index (χ0) is 19.4. The van der Waals surface area contributed by atoms with E-state index in [4.69, 9.17) is 16.5 Å². The van der Waals surface area contributed by atoms with Crippen LogP contribution in [-0.4, -0.2) is 19.5 Å². The number of nitrogens with two attached hydrogens (primary N) is 2. The molecule has 3 aromatic heterocycles. The monoisotopic (exact) mass is 360 g/mol. The minimum atomic E-state index is 0.439. The van der Waals surface area contributed by atoms with E-state index in [0.717, 1.165) is 39.4 Å². The molecule has 0 bridgehead atoms. The van der Waals surface area contributed by atoms with Crippen LogP contribution < -0.4 is 11.5 Å². The summed E-state index contributed by atoms with van der Waals surface area (Å²) in [5.74, 6) is 1.16. The quantitative estimate of drug-likeness (QED) is 0.578. The van der Waals surface area contributed by atoms with Gasteiger partial charge in [0.25, 0.3) is 0 Å². The molecule has 4 aromatic rings. The molecule has 27 heavy (non-hydrogen) atoms. The Bertz CT molecular complexity index is 1050. The van der Waals surface area contributed by atoms with E-state index in [1.54, 1.807) is 6.20 Å². The molecule has 1 aromatic carbocycles. The summed E-state index contributed by atoms with van der Waals surface area (Å²) >= 11 is 0. The second-order valence-corrected chi connectivity index (χ2v) is 5.93. The number of benzene rings is 1. The van der Waals surface area contributed by atoms with Gasteiger partial charge in [-0.3, -0.25) is 4.57 Å². The number of pyridine rings is 2. The lowest BCUT2D eigenvalue weighted by atomic mass is 10.2. The van der Waals surface area contributed by atoms with Crippen molar-refractivity contribution < 1.29 is 0 Å². The highest BCUT2D eigenvalue weighted by atomic mass is 15.1. The Labute approximate surface area is 158 Å². The predicted molar refractivity (Wildman–Crippen MR) is 110 cm³/mol. The molecule has 0 aliphatic heterocycles. The summed E-state index contributed by atoms with van der Waals surface area (Å²) in [5.41, 5.74) is 17.3. The van der Waals surface area contributed by atoms with E-state index in [-0.39, 0.29) is 0 Å². The number of nitrogens with zero attached hydrogens (tertiary/aromatic N) is 4. The van der Waals surface area contributed by atoms with Crippen LogP contribution in [-0.2, 0) is 6.54 Å². The smallest absolute Gasteiger partial charge is 0.164 e. The van der Waals surface area contributed by atoms with Gasteiger partial charge >= 0.3 is 0 Å². The fraction of sp³-hybridized carbons (Fsp3) is 0.190. The van der Waals surface area contributed by atoms with Crippen LogP contribution >= 0.6 is 0 Å². The van der Waals surface area contributed by atoms with Gasteiger partial charge in [0.1, 0.15) is 11.3 Å². The molecule has 0 saturated carbocycles. The van der Waals surface area contributed by atoms with Crippen LogP contribution in [0.15, 0.2) is 54.9 Å². The first-order valence-corrected chi connectivity index (χ1v) is 9.02. The van der Waals surface area contributed by atoms with Crippen molar-refractivity contribution in [3.63, 3.8) is 0 Å². The number of hydrogen-bond donors (Lipinski definition) is 2. The van der Waals surface area contributed by atoms with Crippen molar-refractivity contribution in [1.29, 1.82) is 0 Å². The highest BCUT2D eigenvalue weighted by Gasteiger charge is 2.17. The second kappa shape index (κ2) is 7.97. The Morgan fingerprint density at radius 3 is 2.44 bits per heavy atom. The van der Waals surface area contributed by atoms with Crippen LogP contribution in [0.2, 0.25) is 0 Å². The Morgan fingerprint density at radius 1 is 1.04 bits per heavy atom. The van der Waals surface area contributed by atoms with Crippen LogP contribution in [0, 0.1) is 6.92 Å². The molecule has 4 rings (SSSR count). The molecule has 0 radical (unpaired) electrons. The summed E-state index contributed by atoms with van der Waals surface area (Å²) in [6.45, 7) is 6.50. The number of aromatic nitrogens is 4. The second-order valence-electron chi connectivity index (χ2n) is 5.93. The van der Waals surface area contributed by atoms with E-state index in [2.05, 4.69) is 9.97 Å². The van der Waals surface area contributed by atoms with Crippen molar-refractivity contribution in [3.8, 4) is 17.1 Å². The largest absolute Gasteiger partial charge is 0.383 e. The number of imidazole rings is 1. The van der Waals surface area contributed by atoms with Gasteiger partial charge in [-0.2, -0.15) is 0 Å². The third-order valence-corrected chi connectivity index (χ3v) is 4.14. The minimum absolute atomic E-state index is 0.439. The summed E-state index contributed by atoms with van der Waals surface area (Å²) in [4.78, 5) is 13.6. The van der Waals surface area contributed by atoms with Gasteiger partial charge in [-0.05, 0) is 48.4 Å². The van der Waals surface area contributed by atoms with Crippen LogP contribution in [0.3, 0.4) is 0 Å². The Hall–Kier alpha value is -3.25. The average molecular weight is 360 g/mol. The van der Waals surface area contributed by atoms with Gasteiger partial charge in [-0.1, -0.05) is 26.0 Å². The van der Waals surface area contributed by atoms with E-state index in [1.807, 2.05) is 74.0 Å². The normalized spacial score (nSPS) is 10.5. The fourth-order valence-electron chi connectivity index (χ4n) is 2.88. The number of aryl methyl sites for hydroxylation is 1. The molecule has 0 spiro atoms. The number of rotatable bonds is 3. The van der Waals surface area contributed by atoms with Crippen LogP contribution in [0.1, 0.15) is 25.0 Å². The third kappa shape index (κ3) is 3.52. The van der Waals surface area contributed by atoms with Crippen molar-refractivity contribution in [1.82, 2.24) is 19.5 Å². The Balaban J connectivity index is 0.00000102. The molecule has 6 heteroatoms. The zero-order valence-electron chi connectivity index (χ0n) is 15.8. The van der Waals surface area contributed by atoms with Gasteiger partial charge in [0.05, 0.1) is 5.56 Å². The molecule has 0 aliphatic carbocycles. The van der Waals surface area contributed by atoms with Gasteiger partial charge in [0.2, 0.25) is 0 Å². The van der Waals surface area contributed by atoms with Gasteiger partial charge in [0.15, 0.2) is 11.5 Å². The predicted octanol–water partition coefficient (Wildman–Crippen LogP) is 3.86. The Morgan fingerprint density at radius 2 is 1.78 bits per heavy atom. The Kier molecular flexibility index (Phi) is 5.47. The molecule has 0 aliphatic rings. The molecule has 0 atom stereocenters. The molecule has 138 valence electrons. The molecule has 0 amide bonds. The topological polar surface area (TPSA) is 95.6 Å². The minimum Gasteiger partial charge on any atom is -0.383 e. The molecule has 0 saturated heterocycles. The molecule has 6 nitrogen and oxygen atoms in total. The standard InChI is InChI=1S/C19H18N6.C2H6/c1-12-9-16-19(23-11-12)25(14-6-4-13(10-20)5-7-14)18(24-16)15-3-2-8-22-17(15)21;1-2/h2-9,11H,10,20H2,1H3,(H2,21,22);1-2H3. The van der Waals surface area contributed by atoms with Crippen molar-refractivity contribution in [2.45, 2.75) is 27.3 Å². The summed E-state index contributed by atoms with van der Waals surface area (Å²) in [6, 6.07) is 13.8. The van der Waals surface area contributed by atoms with Crippen LogP contribution in [0.25, 0.3) is 28.2 Å². The molecule has 0 unspecified atom stereocenters. The highest BCUT2D eigenvalue weighted by molar-refractivity contribution is 5.82. The summed E-state index contributed by atoms with van der Waals surface area (Å²) in [7, 11) is 0. The van der Waals surface area contributed by atoms with Crippen LogP contribution in [0.5, 0.6) is 0 Å². The summed E-state index contributed by atoms with van der Waals surface area (Å²) in [6.07, 6.45) is 3.51. The van der Waals surface area contributed by atoms with Crippen molar-refractivity contribution in [3.05, 3.63) is 66.0 Å². The number of nitrogen functional groups attached to an aromatic ring is 1. The SMILES string of the molecule is CC.Cc1cnc2c(c1)nc(-c1cccnc1N)n2-c1ccc(CN)cc1. The van der Waals surface area contributed by atoms with Crippen molar-refractivity contribution in [2.75, 3.05) is 5.73 Å². The first-order chi connectivity index (χ1) is 13.2. The summed E-state index contributed by atoms with van der Waals surface area (Å²) in [5, 5.41) is 0. The number of anilines is 1. The highest BCUT2D eigenvalue weighted by Crippen LogP contribution is 2.30. The third-order valence-electron chi connectivity index (χ3n) is 4.14. The van der Waals surface area contributed by atoms with Gasteiger partial charge in [-0.25, -0.2) is 15.0 Å². The average Bonchev–Trinajstić information content (AvgIpc) is 3.08. The molecular weight excluding hydrogens is 336 g/mol. The number of fused-ring (bicyclic) bond motifs is 1. The van der Waals surface area contributed by atoms with Crippen LogP contribution in [0.4, 0.5) is 5.82 Å². The van der Waals surface area contributed by atoms with E-state index in [0.29, 0.717) is 12.4 Å². The first-order valence-electron chi connectivity index (χ1n) is 9.02. The van der Waals surface area contributed by atoms with E-state index >= 15 is 0 Å². The molecule has 0 fully saturated rings. The van der Waals surface area contributed by atoms with Crippen molar-refractivity contribution >= 4 is 17.0 Å². The first kappa shape index (κ1) is 18.5. The van der Waals surface area contributed by atoms with E-state index < -0.39 is 0 Å². The lowest BCUT2D eigenvalue weighted by Gasteiger charge is -2.10. The maximum absolute atomic E-state index is 6.10. The fourth-order valence-corrected chi connectivity index (χ4v) is 2.88. The van der Waals surface area contributed by atoms with Gasteiger partial charge in [0, 0.05) is 24.6 Å². The van der Waals surface area contributed by atoms with Crippen molar-refractivity contribution in [2.24, 2.45) is 5.73 Å².